The van der Waals surface area contributed by atoms with Crippen LogP contribution in [0, 0.1) is 5.92 Å². The molecule has 4 heteroatoms. The molecule has 1 N–H and O–H groups in total. The van der Waals surface area contributed by atoms with E-state index in [0.29, 0.717) is 5.92 Å². The van der Waals surface area contributed by atoms with Crippen LogP contribution >= 0.6 is 0 Å². The van der Waals surface area contributed by atoms with Crippen LogP contribution in [0.25, 0.3) is 5.69 Å². The summed E-state index contributed by atoms with van der Waals surface area (Å²) >= 11 is 0. The van der Waals surface area contributed by atoms with Crippen molar-refractivity contribution in [3.63, 3.8) is 0 Å². The molecule has 1 amide bonds. The first-order chi connectivity index (χ1) is 10.2. The van der Waals surface area contributed by atoms with Gasteiger partial charge in [0.05, 0.1) is 0 Å². The van der Waals surface area contributed by atoms with Crippen LogP contribution in [0.4, 0.5) is 0 Å². The van der Waals surface area contributed by atoms with Gasteiger partial charge in [0.25, 0.3) is 5.91 Å². The van der Waals surface area contributed by atoms with Crippen LogP contribution in [0.15, 0.2) is 48.8 Å². The monoisotopic (exact) mass is 283 g/mol. The maximum atomic E-state index is 12.1. The molecule has 2 aromatic rings. The first kappa shape index (κ1) is 13.9. The number of nitrogens with one attached hydrogen (secondary N) is 1. The lowest BCUT2D eigenvalue weighted by Crippen LogP contribution is -2.30. The molecular formula is C17H21N3O. The lowest BCUT2D eigenvalue weighted by atomic mass is 10.1. The van der Waals surface area contributed by atoms with Crippen molar-refractivity contribution < 1.29 is 4.79 Å². The summed E-state index contributed by atoms with van der Waals surface area (Å²) in [7, 11) is 2.13. The molecule has 0 saturated carbocycles. The minimum Gasteiger partial charge on any atom is -0.352 e. The van der Waals surface area contributed by atoms with E-state index >= 15 is 0 Å². The molecule has 0 radical (unpaired) electrons. The standard InChI is InChI=1S/C17H21N3O/c1-19-11-8-14(13-19)12-18-17(21)15-4-6-16(7-5-15)20-9-2-3-10-20/h2-7,9-10,14H,8,11-13H2,1H3,(H,18,21). The van der Waals surface area contributed by atoms with E-state index in [1.54, 1.807) is 0 Å². The first-order valence-electron chi connectivity index (χ1n) is 7.42. The summed E-state index contributed by atoms with van der Waals surface area (Å²) in [6.07, 6.45) is 5.15. The highest BCUT2D eigenvalue weighted by atomic mass is 16.1. The molecule has 3 rings (SSSR count). The maximum Gasteiger partial charge on any atom is 0.251 e. The number of carbonyl (C=O) groups is 1. The molecule has 1 aliphatic heterocycles. The quantitative estimate of drug-likeness (QED) is 0.933. The lowest BCUT2D eigenvalue weighted by molar-refractivity contribution is 0.0947. The number of nitrogens with zero attached hydrogens (tertiary/aromatic N) is 2. The average Bonchev–Trinajstić information content (AvgIpc) is 3.16. The fourth-order valence-corrected chi connectivity index (χ4v) is 2.82. The second-order valence-corrected chi connectivity index (χ2v) is 5.76. The van der Waals surface area contributed by atoms with Gasteiger partial charge < -0.3 is 14.8 Å². The van der Waals surface area contributed by atoms with Crippen LogP contribution in [0.5, 0.6) is 0 Å². The predicted octanol–water partition coefficient (Wildman–Crippen LogP) is 2.16. The molecular weight excluding hydrogens is 262 g/mol. The Morgan fingerprint density at radius 3 is 2.57 bits per heavy atom. The van der Waals surface area contributed by atoms with Crippen molar-refractivity contribution in [2.75, 3.05) is 26.7 Å². The van der Waals surface area contributed by atoms with Gasteiger partial charge in [-0.25, -0.2) is 0 Å². The van der Waals surface area contributed by atoms with E-state index in [2.05, 4.69) is 17.3 Å². The third kappa shape index (κ3) is 3.34. The number of amides is 1. The van der Waals surface area contributed by atoms with Crippen molar-refractivity contribution in [3.8, 4) is 5.69 Å². The van der Waals surface area contributed by atoms with Gasteiger partial charge in [-0.2, -0.15) is 0 Å². The van der Waals surface area contributed by atoms with E-state index < -0.39 is 0 Å². The van der Waals surface area contributed by atoms with E-state index in [-0.39, 0.29) is 5.91 Å². The molecule has 0 bridgehead atoms. The maximum absolute atomic E-state index is 12.1. The number of benzene rings is 1. The summed E-state index contributed by atoms with van der Waals surface area (Å²) in [5.41, 5.74) is 1.78. The largest absolute Gasteiger partial charge is 0.352 e. The number of carbonyl (C=O) groups excluding carboxylic acids is 1. The highest BCUT2D eigenvalue weighted by Gasteiger charge is 2.19. The number of likely N-dealkylation sites (tertiary alicyclic amines) is 1. The smallest absolute Gasteiger partial charge is 0.251 e. The van der Waals surface area contributed by atoms with Crippen LogP contribution < -0.4 is 5.32 Å². The Hall–Kier alpha value is -2.07. The molecule has 110 valence electrons. The van der Waals surface area contributed by atoms with Crippen molar-refractivity contribution >= 4 is 5.91 Å². The number of hydrogen-bond acceptors (Lipinski definition) is 2. The van der Waals surface area contributed by atoms with Crippen molar-refractivity contribution in [2.45, 2.75) is 6.42 Å². The van der Waals surface area contributed by atoms with Crippen LogP contribution in [0.3, 0.4) is 0 Å². The first-order valence-corrected chi connectivity index (χ1v) is 7.42. The summed E-state index contributed by atoms with van der Waals surface area (Å²) in [6.45, 7) is 2.97. The molecule has 1 unspecified atom stereocenters. The zero-order valence-electron chi connectivity index (χ0n) is 12.3. The summed E-state index contributed by atoms with van der Waals surface area (Å²) in [5, 5.41) is 3.04. The Bertz CT molecular complexity index is 589. The Labute approximate surface area is 125 Å². The highest BCUT2D eigenvalue weighted by molar-refractivity contribution is 5.94. The van der Waals surface area contributed by atoms with Gasteiger partial charge >= 0.3 is 0 Å². The summed E-state index contributed by atoms with van der Waals surface area (Å²) in [4.78, 5) is 14.5. The average molecular weight is 283 g/mol. The van der Waals surface area contributed by atoms with Crippen LogP contribution in [-0.2, 0) is 0 Å². The van der Waals surface area contributed by atoms with Crippen molar-refractivity contribution in [3.05, 3.63) is 54.4 Å². The zero-order valence-corrected chi connectivity index (χ0v) is 12.3. The second kappa shape index (κ2) is 6.14. The van der Waals surface area contributed by atoms with Crippen molar-refractivity contribution in [2.24, 2.45) is 5.92 Å². The topological polar surface area (TPSA) is 37.3 Å². The molecule has 1 aromatic carbocycles. The van der Waals surface area contributed by atoms with Gasteiger partial charge in [0, 0.05) is 36.7 Å². The molecule has 1 atom stereocenters. The van der Waals surface area contributed by atoms with E-state index in [0.717, 1.165) is 30.9 Å². The lowest BCUT2D eigenvalue weighted by Gasteiger charge is -2.12. The molecule has 0 spiro atoms. The van der Waals surface area contributed by atoms with Crippen LogP contribution in [-0.4, -0.2) is 42.1 Å². The summed E-state index contributed by atoms with van der Waals surface area (Å²) < 4.78 is 2.02. The fraction of sp³-hybridized carbons (Fsp3) is 0.353. The Balaban J connectivity index is 1.57. The molecule has 2 heterocycles. The predicted molar refractivity (Wildman–Crippen MR) is 83.7 cm³/mol. The molecule has 1 saturated heterocycles. The number of aromatic nitrogens is 1. The van der Waals surface area contributed by atoms with Gasteiger partial charge in [0.2, 0.25) is 0 Å². The van der Waals surface area contributed by atoms with Crippen LogP contribution in [0.1, 0.15) is 16.8 Å². The van der Waals surface area contributed by atoms with Gasteiger partial charge in [-0.15, -0.1) is 0 Å². The van der Waals surface area contributed by atoms with Crippen LogP contribution in [0.2, 0.25) is 0 Å². The van der Waals surface area contributed by atoms with Crippen molar-refractivity contribution in [1.29, 1.82) is 0 Å². The number of hydrogen-bond donors (Lipinski definition) is 1. The van der Waals surface area contributed by atoms with E-state index in [9.17, 15) is 4.79 Å². The molecule has 21 heavy (non-hydrogen) atoms. The van der Waals surface area contributed by atoms with Gasteiger partial charge in [-0.05, 0) is 62.3 Å². The van der Waals surface area contributed by atoms with E-state index in [4.69, 9.17) is 0 Å². The summed E-state index contributed by atoms with van der Waals surface area (Å²) in [6, 6.07) is 11.7. The van der Waals surface area contributed by atoms with Crippen molar-refractivity contribution in [1.82, 2.24) is 14.8 Å². The molecule has 1 aliphatic rings. The van der Waals surface area contributed by atoms with E-state index in [1.807, 2.05) is 53.4 Å². The number of rotatable bonds is 4. The molecule has 1 aromatic heterocycles. The Kier molecular flexibility index (Phi) is 4.06. The minimum absolute atomic E-state index is 0.0172. The minimum atomic E-state index is 0.0172. The molecule has 4 nitrogen and oxygen atoms in total. The van der Waals surface area contributed by atoms with Gasteiger partial charge in [-0.3, -0.25) is 4.79 Å². The van der Waals surface area contributed by atoms with E-state index in [1.165, 1.54) is 6.42 Å². The van der Waals surface area contributed by atoms with Gasteiger partial charge in [0.1, 0.15) is 0 Å². The molecule has 1 fully saturated rings. The molecule has 0 aliphatic carbocycles. The normalized spacial score (nSPS) is 18.8. The fourth-order valence-electron chi connectivity index (χ4n) is 2.82. The Morgan fingerprint density at radius 2 is 1.95 bits per heavy atom. The Morgan fingerprint density at radius 1 is 1.24 bits per heavy atom. The third-order valence-corrected chi connectivity index (χ3v) is 4.07. The zero-order chi connectivity index (χ0) is 14.7. The van der Waals surface area contributed by atoms with Gasteiger partial charge in [0.15, 0.2) is 0 Å². The SMILES string of the molecule is CN1CCC(CNC(=O)c2ccc(-n3cccc3)cc2)C1. The summed E-state index contributed by atoms with van der Waals surface area (Å²) in [5.74, 6) is 0.599. The van der Waals surface area contributed by atoms with Gasteiger partial charge in [-0.1, -0.05) is 0 Å². The third-order valence-electron chi connectivity index (χ3n) is 4.07. The highest BCUT2D eigenvalue weighted by Crippen LogP contribution is 2.14. The second-order valence-electron chi connectivity index (χ2n) is 5.76.